The standard InChI is InChI=1S/C22H26FN5O3/c1-26(2)13-20(29)25-18-7-8-19-15-9-14(11-28(19)21(18)30)10-27(12-15)22(31)24-17-5-3-16(23)4-6-17/h3-8,14-15H,9-13H2,1-2H3,(H,24,31)(H,25,29)/p+1/t14-,15+/m0/s1. The molecule has 0 unspecified atom stereocenters. The fourth-order valence-corrected chi connectivity index (χ4v) is 4.46. The summed E-state index contributed by atoms with van der Waals surface area (Å²) in [5.41, 5.74) is 1.52. The van der Waals surface area contributed by atoms with E-state index in [1.54, 1.807) is 15.5 Å². The number of likely N-dealkylation sites (N-methyl/N-ethyl adjacent to an activating group) is 1. The second kappa shape index (κ2) is 8.50. The van der Waals surface area contributed by atoms with Crippen LogP contribution in [0, 0.1) is 11.7 Å². The number of rotatable bonds is 4. The minimum atomic E-state index is -0.355. The van der Waals surface area contributed by atoms with Gasteiger partial charge in [0.2, 0.25) is 0 Å². The highest BCUT2D eigenvalue weighted by Crippen LogP contribution is 2.35. The molecule has 2 aliphatic rings. The fourth-order valence-electron chi connectivity index (χ4n) is 4.46. The van der Waals surface area contributed by atoms with Crippen molar-refractivity contribution < 1.29 is 18.9 Å². The molecule has 0 spiro atoms. The summed E-state index contributed by atoms with van der Waals surface area (Å²) in [7, 11) is 3.75. The van der Waals surface area contributed by atoms with Crippen LogP contribution in [0.5, 0.6) is 0 Å². The molecule has 3 N–H and O–H groups in total. The Balaban J connectivity index is 1.49. The summed E-state index contributed by atoms with van der Waals surface area (Å²) in [6.07, 6.45) is 0.912. The second-order valence-electron chi connectivity index (χ2n) is 8.66. The lowest BCUT2D eigenvalue weighted by Gasteiger charge is -2.42. The predicted octanol–water partition coefficient (Wildman–Crippen LogP) is 0.722. The first-order valence-electron chi connectivity index (χ1n) is 10.4. The maximum Gasteiger partial charge on any atom is 0.321 e. The number of nitrogens with zero attached hydrogens (tertiary/aromatic N) is 2. The van der Waals surface area contributed by atoms with Gasteiger partial charge in [0.1, 0.15) is 11.5 Å². The lowest BCUT2D eigenvalue weighted by Crippen LogP contribution is -3.06. The molecule has 2 bridgehead atoms. The number of likely N-dealkylation sites (tertiary alicyclic amines) is 1. The number of aromatic nitrogens is 1. The van der Waals surface area contributed by atoms with Gasteiger partial charge in [-0.05, 0) is 48.7 Å². The lowest BCUT2D eigenvalue weighted by atomic mass is 9.83. The molecule has 2 atom stereocenters. The van der Waals surface area contributed by atoms with Gasteiger partial charge >= 0.3 is 6.03 Å². The zero-order valence-electron chi connectivity index (χ0n) is 17.7. The molecule has 2 aliphatic heterocycles. The van der Waals surface area contributed by atoms with Crippen molar-refractivity contribution in [2.24, 2.45) is 5.92 Å². The number of hydrogen-bond acceptors (Lipinski definition) is 3. The quantitative estimate of drug-likeness (QED) is 0.671. The first-order chi connectivity index (χ1) is 14.8. The number of anilines is 2. The summed E-state index contributed by atoms with van der Waals surface area (Å²) in [5, 5.41) is 5.53. The number of piperidine rings is 1. The molecule has 4 rings (SSSR count). The number of amides is 3. The van der Waals surface area contributed by atoms with Crippen molar-refractivity contribution in [3.05, 3.63) is 58.3 Å². The normalized spacial score (nSPS) is 19.7. The van der Waals surface area contributed by atoms with Gasteiger partial charge in [0.05, 0.1) is 14.1 Å². The number of quaternary nitrogens is 1. The Hall–Kier alpha value is -3.20. The number of carbonyl (C=O) groups excluding carboxylic acids is 2. The van der Waals surface area contributed by atoms with Crippen LogP contribution in [0.1, 0.15) is 18.0 Å². The molecule has 9 heteroatoms. The van der Waals surface area contributed by atoms with Gasteiger partial charge in [-0.2, -0.15) is 0 Å². The van der Waals surface area contributed by atoms with E-state index in [1.807, 2.05) is 20.2 Å². The number of halogens is 1. The van der Waals surface area contributed by atoms with Crippen LogP contribution in [0.15, 0.2) is 41.2 Å². The highest BCUT2D eigenvalue weighted by Gasteiger charge is 2.36. The Kier molecular flexibility index (Phi) is 5.77. The van der Waals surface area contributed by atoms with Crippen molar-refractivity contribution in [3.63, 3.8) is 0 Å². The van der Waals surface area contributed by atoms with Crippen LogP contribution in [0.25, 0.3) is 0 Å². The van der Waals surface area contributed by atoms with Gasteiger partial charge < -0.3 is 25.0 Å². The van der Waals surface area contributed by atoms with Gasteiger partial charge in [-0.1, -0.05) is 0 Å². The van der Waals surface area contributed by atoms with Gasteiger partial charge in [-0.25, -0.2) is 9.18 Å². The van der Waals surface area contributed by atoms with Gasteiger partial charge in [-0.3, -0.25) is 9.59 Å². The third-order valence-corrected chi connectivity index (χ3v) is 5.78. The second-order valence-corrected chi connectivity index (χ2v) is 8.66. The zero-order chi connectivity index (χ0) is 22.1. The Labute approximate surface area is 179 Å². The van der Waals surface area contributed by atoms with Gasteiger partial charge in [0.25, 0.3) is 11.5 Å². The number of urea groups is 1. The topological polar surface area (TPSA) is 87.9 Å². The van der Waals surface area contributed by atoms with Crippen molar-refractivity contribution in [3.8, 4) is 0 Å². The maximum absolute atomic E-state index is 13.1. The fraction of sp³-hybridized carbons (Fsp3) is 0.409. The molecule has 0 radical (unpaired) electrons. The first kappa shape index (κ1) is 21.0. The first-order valence-corrected chi connectivity index (χ1v) is 10.4. The molecule has 1 fully saturated rings. The zero-order valence-corrected chi connectivity index (χ0v) is 17.7. The number of fused-ring (bicyclic) bond motifs is 4. The number of hydrogen-bond donors (Lipinski definition) is 3. The molecule has 1 aromatic carbocycles. The van der Waals surface area contributed by atoms with Gasteiger partial charge in [-0.15, -0.1) is 0 Å². The Morgan fingerprint density at radius 3 is 2.52 bits per heavy atom. The van der Waals surface area contributed by atoms with Crippen LogP contribution in [-0.2, 0) is 11.3 Å². The monoisotopic (exact) mass is 428 g/mol. The Morgan fingerprint density at radius 1 is 1.06 bits per heavy atom. The molecule has 3 heterocycles. The van der Waals surface area contributed by atoms with Crippen molar-refractivity contribution in [1.82, 2.24) is 9.47 Å². The lowest BCUT2D eigenvalue weighted by molar-refractivity contribution is -0.849. The third kappa shape index (κ3) is 4.61. The molecule has 0 aliphatic carbocycles. The molecule has 0 saturated carbocycles. The third-order valence-electron chi connectivity index (χ3n) is 5.78. The largest absolute Gasteiger partial charge is 0.332 e. The van der Waals surface area contributed by atoms with Gasteiger partial charge in [0, 0.05) is 36.9 Å². The van der Waals surface area contributed by atoms with Gasteiger partial charge in [0.15, 0.2) is 6.54 Å². The van der Waals surface area contributed by atoms with E-state index < -0.39 is 0 Å². The number of benzene rings is 1. The molecule has 1 saturated heterocycles. The van der Waals surface area contributed by atoms with Crippen molar-refractivity contribution in [2.45, 2.75) is 18.9 Å². The SMILES string of the molecule is C[NH+](C)CC(=O)Nc1ccc2n(c1=O)C[C@H]1C[C@@H]2CN(C(=O)Nc2ccc(F)cc2)C1. The van der Waals surface area contributed by atoms with Crippen LogP contribution in [0.3, 0.4) is 0 Å². The molecule has 3 amide bonds. The molecular weight excluding hydrogens is 401 g/mol. The molecule has 8 nitrogen and oxygen atoms in total. The van der Waals surface area contributed by atoms with Crippen LogP contribution in [0.4, 0.5) is 20.6 Å². The van der Waals surface area contributed by atoms with Crippen molar-refractivity contribution in [1.29, 1.82) is 0 Å². The molecular formula is C22H27FN5O3+. The summed E-state index contributed by atoms with van der Waals surface area (Å²) >= 11 is 0. The Morgan fingerprint density at radius 2 is 1.81 bits per heavy atom. The van der Waals surface area contributed by atoms with Crippen molar-refractivity contribution in [2.75, 3.05) is 44.4 Å². The smallest absolute Gasteiger partial charge is 0.321 e. The Bertz CT molecular complexity index is 1050. The summed E-state index contributed by atoms with van der Waals surface area (Å²) in [5.74, 6) is -0.349. The minimum absolute atomic E-state index is 0.0511. The molecule has 2 aromatic rings. The van der Waals surface area contributed by atoms with E-state index in [0.29, 0.717) is 31.0 Å². The average Bonchev–Trinajstić information content (AvgIpc) is 2.71. The van der Waals surface area contributed by atoms with Crippen LogP contribution in [-0.4, -0.2) is 55.1 Å². The summed E-state index contributed by atoms with van der Waals surface area (Å²) in [6.45, 7) is 1.83. The summed E-state index contributed by atoms with van der Waals surface area (Å²) in [6, 6.07) is 8.98. The van der Waals surface area contributed by atoms with E-state index in [1.165, 1.54) is 24.3 Å². The van der Waals surface area contributed by atoms with E-state index in [9.17, 15) is 18.8 Å². The molecule has 164 valence electrons. The highest BCUT2D eigenvalue weighted by molar-refractivity contribution is 5.91. The number of nitrogens with one attached hydrogen (secondary N) is 3. The molecule has 1 aromatic heterocycles. The van der Waals surface area contributed by atoms with Crippen molar-refractivity contribution >= 4 is 23.3 Å². The van der Waals surface area contributed by atoms with E-state index in [-0.39, 0.29) is 41.7 Å². The van der Waals surface area contributed by atoms with Crippen LogP contribution >= 0.6 is 0 Å². The summed E-state index contributed by atoms with van der Waals surface area (Å²) < 4.78 is 14.8. The van der Waals surface area contributed by atoms with E-state index in [2.05, 4.69) is 10.6 Å². The summed E-state index contributed by atoms with van der Waals surface area (Å²) in [4.78, 5) is 40.5. The van der Waals surface area contributed by atoms with Crippen LogP contribution in [0.2, 0.25) is 0 Å². The minimum Gasteiger partial charge on any atom is -0.332 e. The van der Waals surface area contributed by atoms with E-state index >= 15 is 0 Å². The number of pyridine rings is 1. The van der Waals surface area contributed by atoms with Crippen LogP contribution < -0.4 is 21.1 Å². The van der Waals surface area contributed by atoms with E-state index in [0.717, 1.165) is 17.0 Å². The van der Waals surface area contributed by atoms with E-state index in [4.69, 9.17) is 0 Å². The predicted molar refractivity (Wildman–Crippen MR) is 115 cm³/mol. The maximum atomic E-state index is 13.1. The average molecular weight is 428 g/mol. The number of carbonyl (C=O) groups is 2. The highest BCUT2D eigenvalue weighted by atomic mass is 19.1. The molecule has 31 heavy (non-hydrogen) atoms.